The quantitative estimate of drug-likeness (QED) is 0.719. The molecule has 1 aromatic rings. The molecule has 2 N–H and O–H groups in total. The van der Waals surface area contributed by atoms with E-state index in [0.29, 0.717) is 12.8 Å². The second-order valence-corrected chi connectivity index (χ2v) is 13.7. The summed E-state index contributed by atoms with van der Waals surface area (Å²) in [5, 5.41) is 11.2. The Hall–Kier alpha value is -1.22. The number of nitrogens with one attached hydrogen (secondary N) is 1. The molecular formula is C19H34N2O5Si. The highest BCUT2D eigenvalue weighted by molar-refractivity contribution is 6.74. The first-order chi connectivity index (χ1) is 12.4. The van der Waals surface area contributed by atoms with E-state index in [9.17, 15) is 14.7 Å². The second-order valence-electron chi connectivity index (χ2n) is 8.98. The summed E-state index contributed by atoms with van der Waals surface area (Å²) in [4.78, 5) is 26.1. The maximum Gasteiger partial charge on any atom is 0.330 e. The van der Waals surface area contributed by atoms with Gasteiger partial charge in [0, 0.05) is 12.3 Å². The van der Waals surface area contributed by atoms with Gasteiger partial charge < -0.3 is 14.3 Å². The van der Waals surface area contributed by atoms with E-state index in [1.165, 1.54) is 16.8 Å². The van der Waals surface area contributed by atoms with Crippen LogP contribution < -0.4 is 11.2 Å². The molecule has 154 valence electrons. The number of hydrogen-bond acceptors (Lipinski definition) is 5. The average molecular weight is 399 g/mol. The SMILES string of the molecule is CCC[C@]1(CC)O[C@@H](n2ccc(=O)[nH]c2=O)[C@@H](O[Si](C)(C)C(C)(C)C)C1O. The summed E-state index contributed by atoms with van der Waals surface area (Å²) in [6.45, 7) is 14.6. The van der Waals surface area contributed by atoms with Crippen molar-refractivity contribution in [1.29, 1.82) is 0 Å². The maximum absolute atomic E-state index is 12.4. The van der Waals surface area contributed by atoms with Crippen LogP contribution in [0.3, 0.4) is 0 Å². The molecule has 0 aliphatic carbocycles. The van der Waals surface area contributed by atoms with Crippen LogP contribution >= 0.6 is 0 Å². The van der Waals surface area contributed by atoms with Crippen LogP contribution in [0.5, 0.6) is 0 Å². The monoisotopic (exact) mass is 398 g/mol. The highest BCUT2D eigenvalue weighted by Gasteiger charge is 2.56. The molecule has 1 aliphatic heterocycles. The van der Waals surface area contributed by atoms with Gasteiger partial charge in [-0.15, -0.1) is 0 Å². The van der Waals surface area contributed by atoms with Crippen LogP contribution in [0.25, 0.3) is 0 Å². The van der Waals surface area contributed by atoms with Crippen molar-refractivity contribution in [1.82, 2.24) is 9.55 Å². The minimum atomic E-state index is -2.24. The van der Waals surface area contributed by atoms with Gasteiger partial charge in [0.1, 0.15) is 12.2 Å². The number of aromatic amines is 1. The summed E-state index contributed by atoms with van der Waals surface area (Å²) >= 11 is 0. The minimum absolute atomic E-state index is 0.0601. The molecular weight excluding hydrogens is 364 g/mol. The van der Waals surface area contributed by atoms with Gasteiger partial charge in [0.05, 0.1) is 5.60 Å². The van der Waals surface area contributed by atoms with Gasteiger partial charge in [0.2, 0.25) is 0 Å². The molecule has 1 aromatic heterocycles. The van der Waals surface area contributed by atoms with E-state index >= 15 is 0 Å². The number of aliphatic hydroxyl groups excluding tert-OH is 1. The number of hydrogen-bond donors (Lipinski definition) is 2. The van der Waals surface area contributed by atoms with Crippen LogP contribution in [0.15, 0.2) is 21.9 Å². The van der Waals surface area contributed by atoms with E-state index in [2.05, 4.69) is 38.8 Å². The summed E-state index contributed by atoms with van der Waals surface area (Å²) in [6.07, 6.45) is 1.19. The van der Waals surface area contributed by atoms with E-state index < -0.39 is 43.6 Å². The zero-order valence-electron chi connectivity index (χ0n) is 17.5. The van der Waals surface area contributed by atoms with Gasteiger partial charge in [-0.25, -0.2) is 4.79 Å². The summed E-state index contributed by atoms with van der Waals surface area (Å²) in [5.41, 5.74) is -1.80. The van der Waals surface area contributed by atoms with Crippen molar-refractivity contribution in [3.05, 3.63) is 33.1 Å². The number of nitrogens with zero attached hydrogens (tertiary/aromatic N) is 1. The predicted octanol–water partition coefficient (Wildman–Crippen LogP) is 2.77. The molecule has 27 heavy (non-hydrogen) atoms. The third-order valence-corrected chi connectivity index (χ3v) is 10.6. The molecule has 2 rings (SSSR count). The van der Waals surface area contributed by atoms with Gasteiger partial charge in [0.25, 0.3) is 5.56 Å². The van der Waals surface area contributed by atoms with Crippen molar-refractivity contribution in [2.75, 3.05) is 0 Å². The summed E-state index contributed by atoms with van der Waals surface area (Å²) in [6, 6.07) is 1.28. The molecule has 1 unspecified atom stereocenters. The van der Waals surface area contributed by atoms with E-state index in [4.69, 9.17) is 9.16 Å². The molecule has 2 heterocycles. The van der Waals surface area contributed by atoms with E-state index in [1.54, 1.807) is 0 Å². The Morgan fingerprint density at radius 2 is 1.96 bits per heavy atom. The highest BCUT2D eigenvalue weighted by atomic mass is 28.4. The van der Waals surface area contributed by atoms with Crippen molar-refractivity contribution in [2.24, 2.45) is 0 Å². The fourth-order valence-corrected chi connectivity index (χ4v) is 4.69. The van der Waals surface area contributed by atoms with Crippen LogP contribution in [0, 0.1) is 0 Å². The first-order valence-electron chi connectivity index (χ1n) is 9.73. The molecule has 0 spiro atoms. The molecule has 0 aromatic carbocycles. The largest absolute Gasteiger partial charge is 0.407 e. The molecule has 4 atom stereocenters. The fourth-order valence-electron chi connectivity index (χ4n) is 3.41. The average Bonchev–Trinajstić information content (AvgIpc) is 2.80. The van der Waals surface area contributed by atoms with E-state index in [1.807, 2.05) is 13.8 Å². The molecule has 0 radical (unpaired) electrons. The molecule has 1 fully saturated rings. The number of aliphatic hydroxyl groups is 1. The Kier molecular flexibility index (Phi) is 6.26. The topological polar surface area (TPSA) is 93.6 Å². The third kappa shape index (κ3) is 4.13. The number of ether oxygens (including phenoxy) is 1. The fraction of sp³-hybridized carbons (Fsp3) is 0.789. The predicted molar refractivity (Wildman–Crippen MR) is 107 cm³/mol. The molecule has 0 saturated carbocycles. The van der Waals surface area contributed by atoms with Crippen LogP contribution in [0.4, 0.5) is 0 Å². The second kappa shape index (κ2) is 7.65. The maximum atomic E-state index is 12.4. The van der Waals surface area contributed by atoms with E-state index in [0.717, 1.165) is 6.42 Å². The van der Waals surface area contributed by atoms with Crippen molar-refractivity contribution >= 4 is 8.32 Å². The lowest BCUT2D eigenvalue weighted by Gasteiger charge is -2.40. The minimum Gasteiger partial charge on any atom is -0.407 e. The van der Waals surface area contributed by atoms with Crippen LogP contribution in [0.2, 0.25) is 18.1 Å². The van der Waals surface area contributed by atoms with Crippen molar-refractivity contribution in [3.63, 3.8) is 0 Å². The van der Waals surface area contributed by atoms with Gasteiger partial charge in [-0.05, 0) is 31.0 Å². The lowest BCUT2D eigenvalue weighted by atomic mass is 9.88. The van der Waals surface area contributed by atoms with Gasteiger partial charge in [-0.3, -0.25) is 14.3 Å². The standard InChI is InChI=1S/C19H34N2O5Si/c1-8-11-19(9-2)15(23)14(26-27(6,7)18(3,4)5)16(25-19)21-12-10-13(22)20-17(21)24/h10,12,14-16,23H,8-9,11H2,1-7H3,(H,20,22,24)/t14-,15?,16+,19-/m0/s1. The Morgan fingerprint density at radius 3 is 2.44 bits per heavy atom. The molecule has 1 aliphatic rings. The highest BCUT2D eigenvalue weighted by Crippen LogP contribution is 2.46. The summed E-state index contributed by atoms with van der Waals surface area (Å²) < 4.78 is 14.2. The first-order valence-corrected chi connectivity index (χ1v) is 12.6. The van der Waals surface area contributed by atoms with Gasteiger partial charge in [0.15, 0.2) is 14.5 Å². The first kappa shape index (κ1) is 22.1. The molecule has 1 saturated heterocycles. The number of aromatic nitrogens is 2. The Labute approximate surface area is 161 Å². The molecule has 7 nitrogen and oxygen atoms in total. The Bertz CT molecular complexity index is 766. The molecule has 8 heteroatoms. The summed E-state index contributed by atoms with van der Waals surface area (Å²) in [5.74, 6) is 0. The number of rotatable bonds is 6. The Balaban J connectivity index is 2.53. The van der Waals surface area contributed by atoms with Crippen molar-refractivity contribution in [3.8, 4) is 0 Å². The van der Waals surface area contributed by atoms with Crippen molar-refractivity contribution < 1.29 is 14.3 Å². The third-order valence-electron chi connectivity index (χ3n) is 6.12. The smallest absolute Gasteiger partial charge is 0.330 e. The zero-order chi connectivity index (χ0) is 20.6. The summed E-state index contributed by atoms with van der Waals surface area (Å²) in [7, 11) is -2.24. The zero-order valence-corrected chi connectivity index (χ0v) is 18.5. The van der Waals surface area contributed by atoms with Crippen LogP contribution in [0.1, 0.15) is 60.1 Å². The molecule has 0 bridgehead atoms. The van der Waals surface area contributed by atoms with E-state index in [-0.39, 0.29) is 5.04 Å². The lowest BCUT2D eigenvalue weighted by molar-refractivity contribution is -0.111. The molecule has 0 amide bonds. The van der Waals surface area contributed by atoms with Gasteiger partial charge in [-0.1, -0.05) is 41.0 Å². The van der Waals surface area contributed by atoms with Crippen LogP contribution in [-0.2, 0) is 9.16 Å². The van der Waals surface area contributed by atoms with Crippen molar-refractivity contribution in [2.45, 2.75) is 96.1 Å². The normalized spacial score (nSPS) is 29.3. The van der Waals surface area contributed by atoms with Crippen LogP contribution in [-0.4, -0.2) is 40.8 Å². The lowest BCUT2D eigenvalue weighted by Crippen LogP contribution is -2.51. The Morgan fingerprint density at radius 1 is 1.33 bits per heavy atom. The van der Waals surface area contributed by atoms with Gasteiger partial charge in [-0.2, -0.15) is 0 Å². The van der Waals surface area contributed by atoms with Gasteiger partial charge >= 0.3 is 5.69 Å². The number of H-pyrrole nitrogens is 1.